The van der Waals surface area contributed by atoms with Crippen molar-refractivity contribution in [1.29, 1.82) is 0 Å². The van der Waals surface area contributed by atoms with E-state index in [0.717, 1.165) is 0 Å². The molecule has 0 saturated carbocycles. The third-order valence-corrected chi connectivity index (χ3v) is 6.01. The zero-order valence-corrected chi connectivity index (χ0v) is 16.7. The van der Waals surface area contributed by atoms with Crippen LogP contribution in [0.25, 0.3) is 0 Å². The Morgan fingerprint density at radius 2 is 1.96 bits per heavy atom. The number of benzene rings is 1. The van der Waals surface area contributed by atoms with Crippen molar-refractivity contribution in [3.8, 4) is 0 Å². The molecule has 134 valence electrons. The number of hydrogen-bond acceptors (Lipinski definition) is 4. The molecule has 0 bridgehead atoms. The van der Waals surface area contributed by atoms with Crippen LogP contribution in [0.3, 0.4) is 0 Å². The fourth-order valence-corrected chi connectivity index (χ4v) is 4.62. The highest BCUT2D eigenvalue weighted by Gasteiger charge is 2.35. The number of nitrogens with zero attached hydrogens (tertiary/aromatic N) is 2. The van der Waals surface area contributed by atoms with Crippen LogP contribution in [0.1, 0.15) is 27.7 Å². The van der Waals surface area contributed by atoms with Crippen molar-refractivity contribution < 1.29 is 17.9 Å². The van der Waals surface area contributed by atoms with Crippen LogP contribution in [0.4, 0.5) is 4.79 Å². The molecule has 1 unspecified atom stereocenters. The number of halogens is 1. The SMILES string of the molecule is CC1CN(S(=O)(=O)c2cccc(Br)c2)CCN1C(=O)OC(C)(C)C. The number of hydrogen-bond donors (Lipinski definition) is 0. The van der Waals surface area contributed by atoms with Gasteiger partial charge >= 0.3 is 6.09 Å². The minimum absolute atomic E-state index is 0.244. The van der Waals surface area contributed by atoms with Gasteiger partial charge < -0.3 is 9.64 Å². The average Bonchev–Trinajstić information content (AvgIpc) is 2.45. The first-order valence-corrected chi connectivity index (χ1v) is 9.99. The van der Waals surface area contributed by atoms with E-state index >= 15 is 0 Å². The molecule has 1 aliphatic heterocycles. The summed E-state index contributed by atoms with van der Waals surface area (Å²) in [6.07, 6.45) is -0.408. The quantitative estimate of drug-likeness (QED) is 0.739. The smallest absolute Gasteiger partial charge is 0.410 e. The molecule has 6 nitrogen and oxygen atoms in total. The standard InChI is InChI=1S/C16H23BrN2O4S/c1-12-11-18(8-9-19(12)15(20)23-16(2,3)4)24(21,22)14-7-5-6-13(17)10-14/h5-7,10,12H,8-9,11H2,1-4H3. The van der Waals surface area contributed by atoms with Gasteiger partial charge in [0.15, 0.2) is 0 Å². The minimum Gasteiger partial charge on any atom is -0.444 e. The molecule has 0 spiro atoms. The van der Waals surface area contributed by atoms with Gasteiger partial charge in [-0.1, -0.05) is 22.0 Å². The van der Waals surface area contributed by atoms with Gasteiger partial charge in [-0.15, -0.1) is 0 Å². The molecule has 8 heteroatoms. The number of rotatable bonds is 2. The van der Waals surface area contributed by atoms with Gasteiger partial charge in [-0.25, -0.2) is 13.2 Å². The number of carbonyl (C=O) groups excluding carboxylic acids is 1. The molecule has 0 aromatic heterocycles. The van der Waals surface area contributed by atoms with E-state index in [2.05, 4.69) is 15.9 Å². The van der Waals surface area contributed by atoms with Crippen molar-refractivity contribution >= 4 is 32.0 Å². The summed E-state index contributed by atoms with van der Waals surface area (Å²) in [4.78, 5) is 14.1. The van der Waals surface area contributed by atoms with Gasteiger partial charge in [0.25, 0.3) is 0 Å². The number of piperazine rings is 1. The molecule has 1 heterocycles. The highest BCUT2D eigenvalue weighted by Crippen LogP contribution is 2.23. The maximum absolute atomic E-state index is 12.8. The molecule has 1 saturated heterocycles. The van der Waals surface area contributed by atoms with E-state index in [-0.39, 0.29) is 24.0 Å². The number of carbonyl (C=O) groups is 1. The fraction of sp³-hybridized carbons (Fsp3) is 0.562. The lowest BCUT2D eigenvalue weighted by atomic mass is 10.2. The van der Waals surface area contributed by atoms with Gasteiger partial charge in [-0.05, 0) is 45.9 Å². The lowest BCUT2D eigenvalue weighted by Gasteiger charge is -2.39. The van der Waals surface area contributed by atoms with E-state index in [4.69, 9.17) is 4.74 Å². The van der Waals surface area contributed by atoms with Crippen molar-refractivity contribution in [2.24, 2.45) is 0 Å². The normalized spacial score (nSPS) is 20.0. The second-order valence-corrected chi connectivity index (χ2v) is 9.70. The molecule has 1 atom stereocenters. The van der Waals surface area contributed by atoms with Gasteiger partial charge in [0.2, 0.25) is 10.0 Å². The first kappa shape index (κ1) is 19.2. The van der Waals surface area contributed by atoms with Crippen LogP contribution < -0.4 is 0 Å². The Balaban J connectivity index is 2.11. The summed E-state index contributed by atoms with van der Waals surface area (Å²) in [5.74, 6) is 0. The van der Waals surface area contributed by atoms with E-state index in [1.54, 1.807) is 29.2 Å². The van der Waals surface area contributed by atoms with Crippen molar-refractivity contribution in [1.82, 2.24) is 9.21 Å². The third kappa shape index (κ3) is 4.49. The Hall–Kier alpha value is -1.12. The fourth-order valence-electron chi connectivity index (χ4n) is 2.51. The van der Waals surface area contributed by atoms with E-state index < -0.39 is 21.7 Å². The van der Waals surface area contributed by atoms with Crippen molar-refractivity contribution in [3.63, 3.8) is 0 Å². The molecule has 1 aromatic rings. The number of ether oxygens (including phenoxy) is 1. The van der Waals surface area contributed by atoms with Crippen LogP contribution in [0.2, 0.25) is 0 Å². The summed E-state index contributed by atoms with van der Waals surface area (Å²) in [5.41, 5.74) is -0.573. The van der Waals surface area contributed by atoms with Gasteiger partial charge in [0.05, 0.1) is 4.90 Å². The average molecular weight is 419 g/mol. The first-order chi connectivity index (χ1) is 11.0. The largest absolute Gasteiger partial charge is 0.444 e. The molecule has 0 aliphatic carbocycles. The maximum atomic E-state index is 12.8. The molecular weight excluding hydrogens is 396 g/mol. The topological polar surface area (TPSA) is 66.9 Å². The summed E-state index contributed by atoms with van der Waals surface area (Å²) >= 11 is 3.29. The van der Waals surface area contributed by atoms with E-state index in [1.165, 1.54) is 4.31 Å². The molecule has 0 radical (unpaired) electrons. The summed E-state index contributed by atoms with van der Waals surface area (Å²) in [6, 6.07) is 6.38. The zero-order chi connectivity index (χ0) is 18.1. The van der Waals surface area contributed by atoms with E-state index in [1.807, 2.05) is 27.7 Å². The predicted molar refractivity (Wildman–Crippen MR) is 95.3 cm³/mol. The Kier molecular flexibility index (Phi) is 5.61. The highest BCUT2D eigenvalue weighted by atomic mass is 79.9. The van der Waals surface area contributed by atoms with Crippen LogP contribution in [-0.4, -0.2) is 55.0 Å². The Morgan fingerprint density at radius 1 is 1.29 bits per heavy atom. The van der Waals surface area contributed by atoms with Gasteiger partial charge in [0, 0.05) is 30.1 Å². The Labute approximate surface area is 151 Å². The number of sulfonamides is 1. The Bertz CT molecular complexity index is 715. The lowest BCUT2D eigenvalue weighted by molar-refractivity contribution is 0.00859. The second kappa shape index (κ2) is 7.01. The molecule has 24 heavy (non-hydrogen) atoms. The monoisotopic (exact) mass is 418 g/mol. The highest BCUT2D eigenvalue weighted by molar-refractivity contribution is 9.10. The third-order valence-electron chi connectivity index (χ3n) is 3.65. The zero-order valence-electron chi connectivity index (χ0n) is 14.3. The van der Waals surface area contributed by atoms with Crippen molar-refractivity contribution in [2.45, 2.75) is 44.2 Å². The summed E-state index contributed by atoms with van der Waals surface area (Å²) < 4.78 is 33.0. The number of amides is 1. The minimum atomic E-state index is -3.58. The molecule has 1 aliphatic rings. The van der Waals surface area contributed by atoms with Crippen LogP contribution in [0.15, 0.2) is 33.6 Å². The molecule has 1 amide bonds. The van der Waals surface area contributed by atoms with Crippen LogP contribution in [0.5, 0.6) is 0 Å². The lowest BCUT2D eigenvalue weighted by Crippen LogP contribution is -2.56. The van der Waals surface area contributed by atoms with E-state index in [0.29, 0.717) is 11.0 Å². The summed E-state index contributed by atoms with van der Waals surface area (Å²) in [6.45, 7) is 8.05. The first-order valence-electron chi connectivity index (χ1n) is 7.76. The van der Waals surface area contributed by atoms with Crippen LogP contribution in [-0.2, 0) is 14.8 Å². The summed E-state index contributed by atoms with van der Waals surface area (Å²) in [7, 11) is -3.58. The second-order valence-electron chi connectivity index (χ2n) is 6.84. The molecule has 2 rings (SSSR count). The molecule has 1 fully saturated rings. The van der Waals surface area contributed by atoms with Crippen molar-refractivity contribution in [3.05, 3.63) is 28.7 Å². The van der Waals surface area contributed by atoms with Crippen LogP contribution in [0, 0.1) is 0 Å². The maximum Gasteiger partial charge on any atom is 0.410 e. The molecular formula is C16H23BrN2O4S. The van der Waals surface area contributed by atoms with Crippen molar-refractivity contribution in [2.75, 3.05) is 19.6 Å². The molecule has 0 N–H and O–H groups in total. The van der Waals surface area contributed by atoms with E-state index in [9.17, 15) is 13.2 Å². The van der Waals surface area contributed by atoms with Gasteiger partial charge in [-0.2, -0.15) is 4.31 Å². The molecule has 1 aromatic carbocycles. The van der Waals surface area contributed by atoms with Crippen LogP contribution >= 0.6 is 15.9 Å². The van der Waals surface area contributed by atoms with Gasteiger partial charge in [0.1, 0.15) is 5.60 Å². The summed E-state index contributed by atoms with van der Waals surface area (Å²) in [5, 5.41) is 0. The Morgan fingerprint density at radius 3 is 2.50 bits per heavy atom. The van der Waals surface area contributed by atoms with Gasteiger partial charge in [-0.3, -0.25) is 0 Å². The predicted octanol–water partition coefficient (Wildman–Crippen LogP) is 3.08.